The molecule has 10 atom stereocenters. The minimum Gasteiger partial charge on any atom is -0.394 e. The van der Waals surface area contributed by atoms with E-state index in [0.29, 0.717) is 24.0 Å². The molecule has 1 aliphatic heterocycles. The molecule has 6 rings (SSSR count). The molecule has 7 amide bonds. The second-order valence-electron chi connectivity index (χ2n) is 18.6. The van der Waals surface area contributed by atoms with Crippen LogP contribution in [0, 0.1) is 0 Å². The molecule has 2 heterocycles. The van der Waals surface area contributed by atoms with E-state index in [9.17, 15) is 44.1 Å². The normalized spacial score (nSPS) is 22.3. The number of H-pyrrole nitrogens is 1. The molecule has 0 saturated carbocycles. The third-order valence-electron chi connectivity index (χ3n) is 12.9. The van der Waals surface area contributed by atoms with Crippen LogP contribution in [-0.4, -0.2) is 147 Å². The van der Waals surface area contributed by atoms with Gasteiger partial charge in [0.15, 0.2) is 0 Å². The number of aromatic amines is 1. The zero-order valence-corrected chi connectivity index (χ0v) is 43.5. The van der Waals surface area contributed by atoms with Gasteiger partial charge in [-0.25, -0.2) is 0 Å². The van der Waals surface area contributed by atoms with Gasteiger partial charge in [0.05, 0.1) is 30.9 Å². The van der Waals surface area contributed by atoms with E-state index in [2.05, 4.69) is 42.2 Å². The van der Waals surface area contributed by atoms with Crippen LogP contribution in [0.2, 0.25) is 0 Å². The second kappa shape index (κ2) is 28.4. The number of nitrogens with two attached hydrogens (primary N) is 2. The Labute approximate surface area is 442 Å². The lowest BCUT2D eigenvalue weighted by molar-refractivity contribution is -0.136. The number of nitrogens with one attached hydrogen (secondary N) is 8. The van der Waals surface area contributed by atoms with Gasteiger partial charge in [0.25, 0.3) is 0 Å². The number of amides is 7. The number of benzene rings is 4. The fourth-order valence-electron chi connectivity index (χ4n) is 8.57. The Morgan fingerprint density at radius 1 is 0.693 bits per heavy atom. The zero-order valence-electron chi connectivity index (χ0n) is 41.8. The summed E-state index contributed by atoms with van der Waals surface area (Å²) in [6.45, 7) is 2.22. The smallest absolute Gasteiger partial charge is 0.245 e. The maximum atomic E-state index is 15.1. The first-order chi connectivity index (χ1) is 36.1. The molecule has 402 valence electrons. The summed E-state index contributed by atoms with van der Waals surface area (Å²) in [5.74, 6) is -6.05. The molecule has 22 heteroatoms. The SMILES string of the molecule is C[C@@H](O)[C@@H]1NC(=O)[C@H](CCCCN)NC(=O)[C@@H](Cc2c[nH]c3ccccc23)NC(=O)[C@H](Cc2cccc3ccccc23)NC(=O)[C@@H](NC(=O)[C@H](N)Cc2ccccc2)CSSC[C@@H](C(=O)N[C@H](CO)[C@@H](C)O)NC1=O. The lowest BCUT2D eigenvalue weighted by atomic mass is 9.97. The average Bonchev–Trinajstić information content (AvgIpc) is 3.81. The number of carbonyl (C=O) groups excluding carboxylic acids is 7. The fraction of sp³-hybridized carbons (Fsp3) is 0.415. The van der Waals surface area contributed by atoms with Crippen molar-refractivity contribution >= 4 is 84.6 Å². The van der Waals surface area contributed by atoms with Crippen LogP contribution < -0.4 is 48.7 Å². The van der Waals surface area contributed by atoms with Crippen LogP contribution >= 0.6 is 21.6 Å². The van der Waals surface area contributed by atoms with Crippen molar-refractivity contribution in [2.45, 2.75) is 113 Å². The third-order valence-corrected chi connectivity index (χ3v) is 15.3. The third kappa shape index (κ3) is 16.5. The van der Waals surface area contributed by atoms with Gasteiger partial charge < -0.3 is 69.0 Å². The number of hydrogen-bond donors (Lipinski definition) is 13. The standard InChI is InChI=1S/C53H68N10O10S2/c1-30(65)43(27-64)60-52(72)45-29-75-74-28-44(61-47(67)38(55)23-32-13-4-3-5-14-32)51(71)59-41(24-34-17-12-16-33-15-6-7-18-36(33)34)50(70)58-42(25-35-26-56-39-20-9-8-19-37(35)39)49(69)57-40(21-10-11-22-54)48(68)63-46(31(2)66)53(73)62-45/h3-9,12-20,26,30-31,38,40-46,56,64-66H,10-11,21-25,27-29,54-55H2,1-2H3,(H,57,69)(H,58,70)(H,59,71)(H,60,72)(H,61,67)(H,62,73)(H,63,68)/t30-,31-,38-,40+,41+,42-,43-,44+,45+,46+/m1/s1. The maximum absolute atomic E-state index is 15.1. The lowest BCUT2D eigenvalue weighted by Crippen LogP contribution is -2.62. The number of hydrogen-bond acceptors (Lipinski definition) is 14. The Morgan fingerprint density at radius 3 is 2.00 bits per heavy atom. The number of fused-ring (bicyclic) bond motifs is 2. The molecule has 20 nitrogen and oxygen atoms in total. The Bertz CT molecular complexity index is 2740. The van der Waals surface area contributed by atoms with Gasteiger partial charge >= 0.3 is 0 Å². The number of rotatable bonds is 17. The molecular formula is C53H68N10O10S2. The van der Waals surface area contributed by atoms with Crippen LogP contribution in [-0.2, 0) is 52.8 Å². The van der Waals surface area contributed by atoms with Crippen molar-refractivity contribution in [3.8, 4) is 0 Å². The van der Waals surface area contributed by atoms with Crippen molar-refractivity contribution < 1.29 is 48.9 Å². The first-order valence-corrected chi connectivity index (χ1v) is 27.4. The highest BCUT2D eigenvalue weighted by Crippen LogP contribution is 2.25. The number of aliphatic hydroxyl groups is 3. The molecule has 4 aromatic carbocycles. The molecule has 0 spiro atoms. The summed E-state index contributed by atoms with van der Waals surface area (Å²) in [4.78, 5) is 104. The number of aromatic nitrogens is 1. The van der Waals surface area contributed by atoms with E-state index in [0.717, 1.165) is 48.8 Å². The molecule has 0 bridgehead atoms. The van der Waals surface area contributed by atoms with Gasteiger partial charge in [-0.15, -0.1) is 0 Å². The van der Waals surface area contributed by atoms with E-state index < -0.39 is 108 Å². The van der Waals surface area contributed by atoms with Crippen LogP contribution in [0.3, 0.4) is 0 Å². The number of para-hydroxylation sites is 1. The largest absolute Gasteiger partial charge is 0.394 e. The Balaban J connectivity index is 1.42. The van der Waals surface area contributed by atoms with Crippen molar-refractivity contribution in [1.29, 1.82) is 0 Å². The van der Waals surface area contributed by atoms with Crippen molar-refractivity contribution in [2.75, 3.05) is 24.7 Å². The maximum Gasteiger partial charge on any atom is 0.245 e. The molecule has 75 heavy (non-hydrogen) atoms. The Kier molecular flexibility index (Phi) is 21.9. The summed E-state index contributed by atoms with van der Waals surface area (Å²) >= 11 is 0. The molecule has 1 aromatic heterocycles. The first kappa shape index (κ1) is 57.7. The quantitative estimate of drug-likeness (QED) is 0.0442. The molecule has 0 aliphatic carbocycles. The number of aliphatic hydroxyl groups excluding tert-OH is 3. The van der Waals surface area contributed by atoms with Gasteiger partial charge in [0.1, 0.15) is 36.3 Å². The van der Waals surface area contributed by atoms with Crippen LogP contribution in [0.15, 0.2) is 103 Å². The highest BCUT2D eigenvalue weighted by molar-refractivity contribution is 8.76. The van der Waals surface area contributed by atoms with Crippen molar-refractivity contribution in [3.63, 3.8) is 0 Å². The van der Waals surface area contributed by atoms with Crippen molar-refractivity contribution in [1.82, 2.24) is 42.2 Å². The van der Waals surface area contributed by atoms with Crippen LogP contribution in [0.25, 0.3) is 21.7 Å². The second-order valence-corrected chi connectivity index (χ2v) is 21.2. The minimum absolute atomic E-state index is 0.0271. The van der Waals surface area contributed by atoms with Gasteiger partial charge in [0.2, 0.25) is 41.4 Å². The van der Waals surface area contributed by atoms with E-state index in [1.807, 2.05) is 84.9 Å². The Hall–Kier alpha value is -6.53. The van der Waals surface area contributed by atoms with Crippen molar-refractivity contribution in [3.05, 3.63) is 120 Å². The van der Waals surface area contributed by atoms with Gasteiger partial charge in [-0.1, -0.05) is 113 Å². The van der Waals surface area contributed by atoms with Crippen LogP contribution in [0.1, 0.15) is 49.8 Å². The Morgan fingerprint density at radius 2 is 1.31 bits per heavy atom. The summed E-state index contributed by atoms with van der Waals surface area (Å²) < 4.78 is 0. The number of unbranched alkanes of at least 4 members (excludes halogenated alkanes) is 1. The molecule has 1 aliphatic rings. The zero-order chi connectivity index (χ0) is 54.0. The van der Waals surface area contributed by atoms with Gasteiger partial charge in [-0.05, 0) is 79.6 Å². The average molecular weight is 1070 g/mol. The predicted octanol–water partition coefficient (Wildman–Crippen LogP) is 0.348. The highest BCUT2D eigenvalue weighted by atomic mass is 33.1. The summed E-state index contributed by atoms with van der Waals surface area (Å²) in [6.07, 6.45) is -0.226. The minimum atomic E-state index is -1.67. The van der Waals surface area contributed by atoms with E-state index >= 15 is 4.79 Å². The molecule has 15 N–H and O–H groups in total. The van der Waals surface area contributed by atoms with Gasteiger partial charge in [0, 0.05) is 41.4 Å². The molecule has 1 saturated heterocycles. The topological polar surface area (TPSA) is 332 Å². The molecule has 0 radical (unpaired) electrons. The lowest BCUT2D eigenvalue weighted by Gasteiger charge is -2.29. The molecule has 1 fully saturated rings. The predicted molar refractivity (Wildman–Crippen MR) is 290 cm³/mol. The summed E-state index contributed by atoms with van der Waals surface area (Å²) in [7, 11) is 2.06. The van der Waals surface area contributed by atoms with Crippen LogP contribution in [0.4, 0.5) is 0 Å². The van der Waals surface area contributed by atoms with E-state index in [1.165, 1.54) is 13.8 Å². The van der Waals surface area contributed by atoms with Crippen molar-refractivity contribution in [2.24, 2.45) is 11.5 Å². The summed E-state index contributed by atoms with van der Waals surface area (Å²) in [5.41, 5.74) is 15.1. The molecular weight excluding hydrogens is 1000 g/mol. The van der Waals surface area contributed by atoms with Gasteiger partial charge in [-0.2, -0.15) is 0 Å². The van der Waals surface area contributed by atoms with E-state index in [1.54, 1.807) is 18.3 Å². The first-order valence-electron chi connectivity index (χ1n) is 24.9. The summed E-state index contributed by atoms with van der Waals surface area (Å²) in [6, 6.07) is 18.7. The molecule has 0 unspecified atom stereocenters. The fourth-order valence-corrected chi connectivity index (χ4v) is 10.9. The van der Waals surface area contributed by atoms with E-state index in [4.69, 9.17) is 11.5 Å². The highest BCUT2D eigenvalue weighted by Gasteiger charge is 2.36. The number of carbonyl (C=O) groups is 7. The van der Waals surface area contributed by atoms with Gasteiger partial charge in [-0.3, -0.25) is 33.6 Å². The van der Waals surface area contributed by atoms with E-state index in [-0.39, 0.29) is 43.7 Å². The summed E-state index contributed by atoms with van der Waals surface area (Å²) in [5, 5.41) is 52.5. The van der Waals surface area contributed by atoms with Crippen LogP contribution in [0.5, 0.6) is 0 Å². The molecule has 5 aromatic rings. The monoisotopic (exact) mass is 1070 g/mol.